The van der Waals surface area contributed by atoms with E-state index < -0.39 is 17.7 Å². The van der Waals surface area contributed by atoms with Gasteiger partial charge in [0.25, 0.3) is 5.91 Å². The van der Waals surface area contributed by atoms with Crippen LogP contribution in [0, 0.1) is 11.6 Å². The van der Waals surface area contributed by atoms with E-state index in [-0.39, 0.29) is 11.5 Å². The zero-order valence-electron chi connectivity index (χ0n) is 12.7. The molecule has 1 aromatic heterocycles. The van der Waals surface area contributed by atoms with Crippen LogP contribution in [-0.2, 0) is 13.0 Å². The number of hydrogen-bond donors (Lipinski definition) is 3. The first-order valence-corrected chi connectivity index (χ1v) is 7.62. The first-order valence-electron chi connectivity index (χ1n) is 7.62. The summed E-state index contributed by atoms with van der Waals surface area (Å²) in [7, 11) is 0. The van der Waals surface area contributed by atoms with Crippen molar-refractivity contribution in [3.63, 3.8) is 0 Å². The molecule has 3 N–H and O–H groups in total. The van der Waals surface area contributed by atoms with Crippen LogP contribution in [0.3, 0.4) is 0 Å². The van der Waals surface area contributed by atoms with E-state index in [9.17, 15) is 13.6 Å². The van der Waals surface area contributed by atoms with Crippen LogP contribution in [0.25, 0.3) is 0 Å². The normalized spacial score (nSPS) is 15.1. The van der Waals surface area contributed by atoms with E-state index in [4.69, 9.17) is 0 Å². The molecule has 2 aromatic rings. The molecule has 0 spiro atoms. The lowest BCUT2D eigenvalue weighted by atomic mass is 10.0. The number of H-pyrrole nitrogens is 1. The number of amides is 1. The van der Waals surface area contributed by atoms with Gasteiger partial charge in [-0.3, -0.25) is 9.89 Å². The van der Waals surface area contributed by atoms with Gasteiger partial charge in [0.05, 0.1) is 6.04 Å². The predicted molar refractivity (Wildman–Crippen MR) is 80.9 cm³/mol. The third-order valence-electron chi connectivity index (χ3n) is 4.07. The summed E-state index contributed by atoms with van der Waals surface area (Å²) in [6, 6.07) is 2.84. The van der Waals surface area contributed by atoms with E-state index >= 15 is 0 Å². The molecule has 1 aliphatic heterocycles. The van der Waals surface area contributed by atoms with Crippen LogP contribution in [-0.4, -0.2) is 22.6 Å². The van der Waals surface area contributed by atoms with Crippen LogP contribution < -0.4 is 10.6 Å². The molecule has 2 heterocycles. The van der Waals surface area contributed by atoms with Crippen molar-refractivity contribution in [3.05, 3.63) is 52.3 Å². The Hall–Kier alpha value is -2.28. The van der Waals surface area contributed by atoms with Gasteiger partial charge in [0.2, 0.25) is 0 Å². The Bertz CT molecular complexity index is 729. The van der Waals surface area contributed by atoms with Gasteiger partial charge in [0.1, 0.15) is 11.6 Å². The average molecular weight is 320 g/mol. The maximum absolute atomic E-state index is 13.9. The maximum atomic E-state index is 13.9. The van der Waals surface area contributed by atoms with Gasteiger partial charge in [-0.25, -0.2) is 8.78 Å². The lowest BCUT2D eigenvalue weighted by Gasteiger charge is -2.18. The van der Waals surface area contributed by atoms with Crippen LogP contribution >= 0.6 is 0 Å². The van der Waals surface area contributed by atoms with Gasteiger partial charge in [0, 0.05) is 42.4 Å². The van der Waals surface area contributed by atoms with E-state index in [2.05, 4.69) is 20.8 Å². The largest absolute Gasteiger partial charge is 0.344 e. The fourth-order valence-electron chi connectivity index (χ4n) is 2.82. The molecule has 3 rings (SSSR count). The van der Waals surface area contributed by atoms with Gasteiger partial charge in [-0.15, -0.1) is 0 Å². The lowest BCUT2D eigenvalue weighted by Crippen LogP contribution is -2.31. The number of aromatic nitrogens is 2. The zero-order chi connectivity index (χ0) is 16.4. The van der Waals surface area contributed by atoms with Crippen molar-refractivity contribution in [2.45, 2.75) is 32.4 Å². The number of nitrogens with zero attached hydrogens (tertiary/aromatic N) is 1. The van der Waals surface area contributed by atoms with Crippen molar-refractivity contribution < 1.29 is 13.6 Å². The smallest absolute Gasteiger partial charge is 0.272 e. The molecule has 7 heteroatoms. The summed E-state index contributed by atoms with van der Waals surface area (Å²) in [4.78, 5) is 12.5. The zero-order valence-corrected chi connectivity index (χ0v) is 12.7. The highest BCUT2D eigenvalue weighted by molar-refractivity contribution is 5.94. The van der Waals surface area contributed by atoms with Crippen LogP contribution in [0.4, 0.5) is 8.78 Å². The number of carbonyl (C=O) groups excluding carboxylic acids is 1. The average Bonchev–Trinajstić information content (AvgIpc) is 2.97. The molecule has 1 atom stereocenters. The molecular formula is C16H18F2N4O. The van der Waals surface area contributed by atoms with Crippen molar-refractivity contribution >= 4 is 5.91 Å². The van der Waals surface area contributed by atoms with E-state index in [1.54, 1.807) is 0 Å². The quantitative estimate of drug-likeness (QED) is 0.809. The fraction of sp³-hybridized carbons (Fsp3) is 0.375. The van der Waals surface area contributed by atoms with Crippen LogP contribution in [0.1, 0.15) is 46.7 Å². The van der Waals surface area contributed by atoms with Gasteiger partial charge in [-0.1, -0.05) is 13.0 Å². The number of fused-ring (bicyclic) bond motifs is 1. The molecule has 0 radical (unpaired) electrons. The first-order chi connectivity index (χ1) is 11.1. The number of halogens is 2. The standard InChI is InChI=1S/C16H18F2N4O/c1-2-13(10-4-3-9(17)7-12(10)18)20-16(23)15-11-8-19-6-5-14(11)21-22-15/h3-4,7,13,19H,2,5-6,8H2,1H3,(H,20,23)(H,21,22). The Morgan fingerprint density at radius 1 is 1.43 bits per heavy atom. The summed E-state index contributed by atoms with van der Waals surface area (Å²) < 4.78 is 27.0. The van der Waals surface area contributed by atoms with E-state index in [0.29, 0.717) is 18.7 Å². The Balaban J connectivity index is 1.81. The summed E-state index contributed by atoms with van der Waals surface area (Å²) in [5.41, 5.74) is 2.40. The number of aromatic amines is 1. The molecule has 0 fully saturated rings. The molecule has 0 aliphatic carbocycles. The number of nitrogens with one attached hydrogen (secondary N) is 3. The van der Waals surface area contributed by atoms with Gasteiger partial charge < -0.3 is 10.6 Å². The van der Waals surface area contributed by atoms with Crippen molar-refractivity contribution in [3.8, 4) is 0 Å². The summed E-state index contributed by atoms with van der Waals surface area (Å²) >= 11 is 0. The molecule has 122 valence electrons. The van der Waals surface area contributed by atoms with E-state index in [0.717, 1.165) is 30.3 Å². The Labute approximate surface area is 132 Å². The van der Waals surface area contributed by atoms with Crippen molar-refractivity contribution in [2.24, 2.45) is 0 Å². The number of benzene rings is 1. The second-order valence-electron chi connectivity index (χ2n) is 5.56. The maximum Gasteiger partial charge on any atom is 0.272 e. The van der Waals surface area contributed by atoms with Gasteiger partial charge in [-0.2, -0.15) is 5.10 Å². The van der Waals surface area contributed by atoms with Crippen LogP contribution in [0.15, 0.2) is 18.2 Å². The minimum Gasteiger partial charge on any atom is -0.344 e. The molecule has 1 amide bonds. The molecule has 0 bridgehead atoms. The summed E-state index contributed by atoms with van der Waals surface area (Å²) in [5, 5.41) is 12.9. The van der Waals surface area contributed by atoms with Gasteiger partial charge in [0.15, 0.2) is 5.69 Å². The van der Waals surface area contributed by atoms with Crippen molar-refractivity contribution in [2.75, 3.05) is 6.54 Å². The number of hydrogen-bond acceptors (Lipinski definition) is 3. The minimum atomic E-state index is -0.664. The highest BCUT2D eigenvalue weighted by Gasteiger charge is 2.24. The Kier molecular flexibility index (Phi) is 4.38. The number of carbonyl (C=O) groups is 1. The van der Waals surface area contributed by atoms with Crippen molar-refractivity contribution in [1.29, 1.82) is 0 Å². The Morgan fingerprint density at radius 3 is 3.00 bits per heavy atom. The molecule has 1 unspecified atom stereocenters. The van der Waals surface area contributed by atoms with E-state index in [1.807, 2.05) is 6.92 Å². The predicted octanol–water partition coefficient (Wildman–Crippen LogP) is 2.21. The highest BCUT2D eigenvalue weighted by atomic mass is 19.1. The monoisotopic (exact) mass is 320 g/mol. The summed E-state index contributed by atoms with van der Waals surface area (Å²) in [6.07, 6.45) is 1.28. The van der Waals surface area contributed by atoms with E-state index in [1.165, 1.54) is 12.1 Å². The third kappa shape index (κ3) is 3.10. The molecule has 5 nitrogen and oxygen atoms in total. The van der Waals surface area contributed by atoms with Crippen molar-refractivity contribution in [1.82, 2.24) is 20.8 Å². The fourth-order valence-corrected chi connectivity index (χ4v) is 2.82. The second kappa shape index (κ2) is 6.45. The SMILES string of the molecule is CCC(NC(=O)c1n[nH]c2c1CNCC2)c1ccc(F)cc1F. The molecule has 1 aromatic carbocycles. The molecule has 23 heavy (non-hydrogen) atoms. The third-order valence-corrected chi connectivity index (χ3v) is 4.07. The lowest BCUT2D eigenvalue weighted by molar-refractivity contribution is 0.0928. The van der Waals surface area contributed by atoms with Crippen LogP contribution in [0.2, 0.25) is 0 Å². The summed E-state index contributed by atoms with van der Waals surface area (Å²) in [5.74, 6) is -1.66. The molecule has 0 saturated carbocycles. The Morgan fingerprint density at radius 2 is 2.26 bits per heavy atom. The minimum absolute atomic E-state index is 0.268. The number of rotatable bonds is 4. The molecular weight excluding hydrogens is 302 g/mol. The van der Waals surface area contributed by atoms with Crippen LogP contribution in [0.5, 0.6) is 0 Å². The topological polar surface area (TPSA) is 69.8 Å². The molecule has 1 aliphatic rings. The summed E-state index contributed by atoms with van der Waals surface area (Å²) in [6.45, 7) is 3.25. The first kappa shape index (κ1) is 15.6. The molecule has 0 saturated heterocycles. The second-order valence-corrected chi connectivity index (χ2v) is 5.56. The highest BCUT2D eigenvalue weighted by Crippen LogP contribution is 2.22. The van der Waals surface area contributed by atoms with Gasteiger partial charge in [-0.05, 0) is 12.5 Å². The van der Waals surface area contributed by atoms with Gasteiger partial charge >= 0.3 is 0 Å².